The number of hydrogen-bond acceptors (Lipinski definition) is 7. The summed E-state index contributed by atoms with van der Waals surface area (Å²) in [7, 11) is 4.74. The number of nitrogens with one attached hydrogen (secondary N) is 1. The zero-order valence-electron chi connectivity index (χ0n) is 15.6. The first kappa shape index (κ1) is 18.7. The average Bonchev–Trinajstić information content (AvgIpc) is 3.08. The monoisotopic (exact) mass is 383 g/mol. The first-order chi connectivity index (χ1) is 13.2. The van der Waals surface area contributed by atoms with Crippen LogP contribution in [-0.2, 0) is 0 Å². The first-order valence-electron chi connectivity index (χ1n) is 8.28. The van der Waals surface area contributed by atoms with Crippen molar-refractivity contribution in [2.75, 3.05) is 26.8 Å². The van der Waals surface area contributed by atoms with Crippen molar-refractivity contribution in [3.8, 4) is 28.5 Å². The topological polar surface area (TPSA) is 65.0 Å². The van der Waals surface area contributed by atoms with Crippen molar-refractivity contribution in [3.05, 3.63) is 52.9 Å². The summed E-state index contributed by atoms with van der Waals surface area (Å²) in [5, 5.41) is 5.02. The number of aryl methyl sites for hydroxylation is 1. The van der Waals surface area contributed by atoms with E-state index in [4.69, 9.17) is 14.2 Å². The SMILES string of the molecule is COc1cc(/C=N\Nc2nc(-c3ccccc3)c(C)s2)cc(OC)c1OC. The zero-order chi connectivity index (χ0) is 19.2. The highest BCUT2D eigenvalue weighted by Gasteiger charge is 2.12. The van der Waals surface area contributed by atoms with Crippen molar-refractivity contribution in [2.24, 2.45) is 5.10 Å². The minimum absolute atomic E-state index is 0.549. The van der Waals surface area contributed by atoms with Crippen LogP contribution in [0.25, 0.3) is 11.3 Å². The molecule has 0 saturated carbocycles. The van der Waals surface area contributed by atoms with Crippen LogP contribution < -0.4 is 19.6 Å². The zero-order valence-corrected chi connectivity index (χ0v) is 16.5. The van der Waals surface area contributed by atoms with Crippen molar-refractivity contribution in [1.29, 1.82) is 0 Å². The molecule has 27 heavy (non-hydrogen) atoms. The number of thiazole rings is 1. The maximum Gasteiger partial charge on any atom is 0.204 e. The molecule has 0 spiro atoms. The summed E-state index contributed by atoms with van der Waals surface area (Å²) < 4.78 is 16.0. The van der Waals surface area contributed by atoms with Gasteiger partial charge in [0.15, 0.2) is 11.5 Å². The molecule has 3 aromatic rings. The van der Waals surface area contributed by atoms with Gasteiger partial charge >= 0.3 is 0 Å². The summed E-state index contributed by atoms with van der Waals surface area (Å²) in [5.74, 6) is 1.71. The Bertz CT molecular complexity index is 914. The Kier molecular flexibility index (Phi) is 5.93. The third-order valence-corrected chi connectivity index (χ3v) is 4.78. The molecule has 0 atom stereocenters. The number of hydrazone groups is 1. The number of hydrogen-bond donors (Lipinski definition) is 1. The fourth-order valence-corrected chi connectivity index (χ4v) is 3.43. The van der Waals surface area contributed by atoms with Crippen molar-refractivity contribution in [3.63, 3.8) is 0 Å². The Labute approximate surface area is 162 Å². The van der Waals surface area contributed by atoms with Gasteiger partial charge in [0.1, 0.15) is 0 Å². The molecule has 6 nitrogen and oxygen atoms in total. The van der Waals surface area contributed by atoms with E-state index in [0.717, 1.165) is 26.8 Å². The molecule has 1 heterocycles. The van der Waals surface area contributed by atoms with E-state index in [0.29, 0.717) is 17.2 Å². The second-order valence-electron chi connectivity index (χ2n) is 5.62. The van der Waals surface area contributed by atoms with Crippen LogP contribution in [0.15, 0.2) is 47.6 Å². The van der Waals surface area contributed by atoms with Crippen LogP contribution in [0.2, 0.25) is 0 Å². The predicted molar refractivity (Wildman–Crippen MR) is 110 cm³/mol. The van der Waals surface area contributed by atoms with E-state index in [-0.39, 0.29) is 0 Å². The lowest BCUT2D eigenvalue weighted by Crippen LogP contribution is -1.97. The Balaban J connectivity index is 1.78. The molecule has 1 N–H and O–H groups in total. The van der Waals surface area contributed by atoms with E-state index in [1.54, 1.807) is 38.9 Å². The molecule has 0 aliphatic heterocycles. The molecular formula is C20H21N3O3S. The van der Waals surface area contributed by atoms with E-state index in [2.05, 4.69) is 15.5 Å². The minimum Gasteiger partial charge on any atom is -0.493 e. The second-order valence-corrected chi connectivity index (χ2v) is 6.82. The van der Waals surface area contributed by atoms with E-state index < -0.39 is 0 Å². The van der Waals surface area contributed by atoms with Gasteiger partial charge in [-0.05, 0) is 19.1 Å². The van der Waals surface area contributed by atoms with Gasteiger partial charge in [0.25, 0.3) is 0 Å². The van der Waals surface area contributed by atoms with Gasteiger partial charge in [-0.3, -0.25) is 5.43 Å². The summed E-state index contributed by atoms with van der Waals surface area (Å²) in [6.07, 6.45) is 1.68. The van der Waals surface area contributed by atoms with Crippen molar-refractivity contribution >= 4 is 22.7 Å². The third kappa shape index (κ3) is 4.20. The van der Waals surface area contributed by atoms with Gasteiger partial charge in [-0.2, -0.15) is 5.10 Å². The Morgan fingerprint density at radius 2 is 1.67 bits per heavy atom. The van der Waals surface area contributed by atoms with Crippen LogP contribution in [0.3, 0.4) is 0 Å². The van der Waals surface area contributed by atoms with Gasteiger partial charge in [-0.25, -0.2) is 4.98 Å². The van der Waals surface area contributed by atoms with Crippen LogP contribution in [0.1, 0.15) is 10.4 Å². The first-order valence-corrected chi connectivity index (χ1v) is 9.09. The predicted octanol–water partition coefficient (Wildman–Crippen LogP) is 4.59. The number of rotatable bonds is 7. The number of nitrogens with zero attached hydrogens (tertiary/aromatic N) is 2. The Morgan fingerprint density at radius 3 is 2.26 bits per heavy atom. The standard InChI is InChI=1S/C20H21N3O3S/c1-13-18(15-8-6-5-7-9-15)22-20(27-13)23-21-12-14-10-16(24-2)19(26-4)17(11-14)25-3/h5-12H,1-4H3,(H,22,23)/b21-12-. The number of ether oxygens (including phenoxy) is 3. The summed E-state index contributed by atoms with van der Waals surface area (Å²) in [4.78, 5) is 5.76. The average molecular weight is 383 g/mol. The normalized spacial score (nSPS) is 10.8. The van der Waals surface area contributed by atoms with Crippen LogP contribution >= 0.6 is 11.3 Å². The fraction of sp³-hybridized carbons (Fsp3) is 0.200. The molecule has 1 aromatic heterocycles. The molecule has 0 radical (unpaired) electrons. The second kappa shape index (κ2) is 8.55. The number of anilines is 1. The fourth-order valence-electron chi connectivity index (χ4n) is 2.65. The molecule has 7 heteroatoms. The van der Waals surface area contributed by atoms with Crippen LogP contribution in [0.5, 0.6) is 17.2 Å². The molecule has 3 rings (SSSR count). The number of methoxy groups -OCH3 is 3. The van der Waals surface area contributed by atoms with Gasteiger partial charge < -0.3 is 14.2 Å². The van der Waals surface area contributed by atoms with Crippen molar-refractivity contribution in [2.45, 2.75) is 6.92 Å². The molecule has 0 fully saturated rings. The van der Waals surface area contributed by atoms with Gasteiger partial charge in [-0.1, -0.05) is 30.3 Å². The number of benzene rings is 2. The van der Waals surface area contributed by atoms with E-state index in [1.807, 2.05) is 49.4 Å². The molecule has 0 unspecified atom stereocenters. The van der Waals surface area contributed by atoms with Crippen molar-refractivity contribution in [1.82, 2.24) is 4.98 Å². The summed E-state index contributed by atoms with van der Waals surface area (Å²) in [6, 6.07) is 13.7. The molecular weight excluding hydrogens is 362 g/mol. The molecule has 0 bridgehead atoms. The largest absolute Gasteiger partial charge is 0.493 e. The summed E-state index contributed by atoms with van der Waals surface area (Å²) in [6.45, 7) is 2.05. The molecule has 2 aromatic carbocycles. The highest BCUT2D eigenvalue weighted by Crippen LogP contribution is 2.37. The lowest BCUT2D eigenvalue weighted by molar-refractivity contribution is 0.324. The van der Waals surface area contributed by atoms with Crippen LogP contribution in [-0.4, -0.2) is 32.5 Å². The van der Waals surface area contributed by atoms with Gasteiger partial charge in [-0.15, -0.1) is 11.3 Å². The maximum atomic E-state index is 5.35. The summed E-state index contributed by atoms with van der Waals surface area (Å²) in [5.41, 5.74) is 5.86. The number of aromatic nitrogens is 1. The molecule has 0 saturated heterocycles. The van der Waals surface area contributed by atoms with Gasteiger partial charge in [0.05, 0.1) is 33.2 Å². The highest BCUT2D eigenvalue weighted by molar-refractivity contribution is 7.15. The third-order valence-electron chi connectivity index (χ3n) is 3.90. The Hall–Kier alpha value is -3.06. The smallest absolute Gasteiger partial charge is 0.204 e. The minimum atomic E-state index is 0.549. The van der Waals surface area contributed by atoms with Gasteiger partial charge in [0, 0.05) is 16.0 Å². The highest BCUT2D eigenvalue weighted by atomic mass is 32.1. The quantitative estimate of drug-likeness (QED) is 0.477. The lowest BCUT2D eigenvalue weighted by atomic mass is 10.1. The maximum absolute atomic E-state index is 5.35. The molecule has 0 amide bonds. The lowest BCUT2D eigenvalue weighted by Gasteiger charge is -2.12. The van der Waals surface area contributed by atoms with Gasteiger partial charge in [0.2, 0.25) is 10.9 Å². The molecule has 0 aliphatic rings. The molecule has 0 aliphatic carbocycles. The van der Waals surface area contributed by atoms with Crippen LogP contribution in [0, 0.1) is 6.92 Å². The summed E-state index contributed by atoms with van der Waals surface area (Å²) >= 11 is 1.56. The van der Waals surface area contributed by atoms with E-state index in [9.17, 15) is 0 Å². The van der Waals surface area contributed by atoms with E-state index in [1.165, 1.54) is 0 Å². The van der Waals surface area contributed by atoms with Crippen molar-refractivity contribution < 1.29 is 14.2 Å². The van der Waals surface area contributed by atoms with E-state index >= 15 is 0 Å². The Morgan fingerprint density at radius 1 is 1.00 bits per heavy atom. The molecule has 140 valence electrons. The van der Waals surface area contributed by atoms with Crippen LogP contribution in [0.4, 0.5) is 5.13 Å².